The molecule has 0 radical (unpaired) electrons. The molecule has 3 atom stereocenters. The highest BCUT2D eigenvalue weighted by molar-refractivity contribution is 7.89. The van der Waals surface area contributed by atoms with Crippen LogP contribution in [0, 0.1) is 11.8 Å². The van der Waals surface area contributed by atoms with Crippen LogP contribution in [0.4, 0.5) is 5.69 Å². The van der Waals surface area contributed by atoms with Gasteiger partial charge in [0.25, 0.3) is 0 Å². The monoisotopic (exact) mass is 490 g/mol. The zero-order valence-electron chi connectivity index (χ0n) is 20.4. The smallest absolute Gasteiger partial charge is 0.240 e. The van der Waals surface area contributed by atoms with Crippen LogP contribution in [0.1, 0.15) is 43.4 Å². The predicted molar refractivity (Wildman–Crippen MR) is 140 cm³/mol. The van der Waals surface area contributed by atoms with Crippen molar-refractivity contribution in [1.29, 1.82) is 0 Å². The van der Waals surface area contributed by atoms with Gasteiger partial charge in [-0.15, -0.1) is 0 Å². The molecule has 1 fully saturated rings. The molecule has 2 aliphatic rings. The highest BCUT2D eigenvalue weighted by Crippen LogP contribution is 2.41. The summed E-state index contributed by atoms with van der Waals surface area (Å²) in [5.74, 6) is 1.55. The first-order chi connectivity index (χ1) is 16.9. The van der Waals surface area contributed by atoms with E-state index in [2.05, 4.69) is 40.4 Å². The van der Waals surface area contributed by atoms with Gasteiger partial charge < -0.3 is 10.1 Å². The Morgan fingerprint density at radius 3 is 2.26 bits per heavy atom. The summed E-state index contributed by atoms with van der Waals surface area (Å²) < 4.78 is 34.8. The maximum atomic E-state index is 13.0. The van der Waals surface area contributed by atoms with Crippen molar-refractivity contribution in [3.8, 4) is 5.75 Å². The van der Waals surface area contributed by atoms with Gasteiger partial charge in [0, 0.05) is 18.3 Å². The summed E-state index contributed by atoms with van der Waals surface area (Å²) in [6.07, 6.45) is 4.13. The molecule has 6 heteroatoms. The topological polar surface area (TPSA) is 67.4 Å². The van der Waals surface area contributed by atoms with Crippen molar-refractivity contribution < 1.29 is 13.2 Å². The van der Waals surface area contributed by atoms with Crippen LogP contribution in [0.2, 0.25) is 0 Å². The van der Waals surface area contributed by atoms with Crippen molar-refractivity contribution in [2.24, 2.45) is 11.8 Å². The van der Waals surface area contributed by atoms with Gasteiger partial charge in [-0.1, -0.05) is 36.4 Å². The fourth-order valence-corrected chi connectivity index (χ4v) is 6.92. The van der Waals surface area contributed by atoms with Crippen molar-refractivity contribution >= 4 is 15.7 Å². The molecule has 1 saturated carbocycles. The largest absolute Gasteiger partial charge is 0.491 e. The molecule has 3 unspecified atom stereocenters. The molecule has 0 heterocycles. The van der Waals surface area contributed by atoms with E-state index in [0.717, 1.165) is 43.7 Å². The summed E-state index contributed by atoms with van der Waals surface area (Å²) >= 11 is 0. The number of sulfonamides is 1. The van der Waals surface area contributed by atoms with E-state index in [1.165, 1.54) is 16.7 Å². The fraction of sp³-hybridized carbons (Fsp3) is 0.379. The minimum absolute atomic E-state index is 0.0180. The molecule has 0 spiro atoms. The van der Waals surface area contributed by atoms with Crippen molar-refractivity contribution in [3.05, 3.63) is 89.5 Å². The van der Waals surface area contributed by atoms with Gasteiger partial charge in [0.2, 0.25) is 10.0 Å². The molecule has 3 aromatic carbocycles. The molecule has 5 rings (SSSR count). The van der Waals surface area contributed by atoms with E-state index in [0.29, 0.717) is 16.7 Å². The fourth-order valence-electron chi connectivity index (χ4n) is 5.52. The number of hydrogen-bond acceptors (Lipinski definition) is 4. The summed E-state index contributed by atoms with van der Waals surface area (Å²) in [7, 11) is -3.52. The molecule has 0 saturated heterocycles. The van der Waals surface area contributed by atoms with Gasteiger partial charge in [-0.2, -0.15) is 0 Å². The Balaban J connectivity index is 1.26. The summed E-state index contributed by atoms with van der Waals surface area (Å²) in [5.41, 5.74) is 4.99. The third-order valence-corrected chi connectivity index (χ3v) is 8.71. The van der Waals surface area contributed by atoms with Crippen LogP contribution in [0.15, 0.2) is 77.7 Å². The van der Waals surface area contributed by atoms with Gasteiger partial charge in [0.1, 0.15) is 5.75 Å². The number of ether oxygens (including phenoxy) is 1. The molecule has 5 nitrogen and oxygen atoms in total. The lowest BCUT2D eigenvalue weighted by Gasteiger charge is -2.23. The van der Waals surface area contributed by atoms with Crippen LogP contribution in [0.5, 0.6) is 5.75 Å². The summed E-state index contributed by atoms with van der Waals surface area (Å²) in [5, 5.41) is 3.55. The molecule has 2 N–H and O–H groups in total. The van der Waals surface area contributed by atoms with E-state index in [1.54, 1.807) is 24.3 Å². The molecule has 0 aromatic heterocycles. The van der Waals surface area contributed by atoms with Gasteiger partial charge >= 0.3 is 0 Å². The van der Waals surface area contributed by atoms with E-state index in [1.807, 2.05) is 32.0 Å². The normalized spacial score (nSPS) is 21.4. The number of benzene rings is 3. The Kier molecular flexibility index (Phi) is 6.85. The van der Waals surface area contributed by atoms with Gasteiger partial charge in [0.05, 0.1) is 11.0 Å². The summed E-state index contributed by atoms with van der Waals surface area (Å²) in [6.45, 7) is 4.80. The summed E-state index contributed by atoms with van der Waals surface area (Å²) in [4.78, 5) is 0.344. The van der Waals surface area contributed by atoms with Crippen LogP contribution in [0.25, 0.3) is 0 Å². The van der Waals surface area contributed by atoms with Gasteiger partial charge in [-0.25, -0.2) is 13.1 Å². The number of fused-ring (bicyclic) bond motifs is 3. The van der Waals surface area contributed by atoms with Crippen LogP contribution in [-0.4, -0.2) is 20.6 Å². The minimum Gasteiger partial charge on any atom is -0.491 e. The average Bonchev–Trinajstić information content (AvgIpc) is 3.12. The Morgan fingerprint density at radius 1 is 0.886 bits per heavy atom. The van der Waals surface area contributed by atoms with Crippen molar-refractivity contribution in [2.75, 3.05) is 5.32 Å². The Labute approximate surface area is 209 Å². The van der Waals surface area contributed by atoms with E-state index >= 15 is 0 Å². The SMILES string of the molecule is CC(C)Oc1ccc(CNc2ccc3c(c2)CC2CCC(C3)C2NS(=O)(=O)c2ccccc2)cc1. The first-order valence-corrected chi connectivity index (χ1v) is 14.0. The Bertz CT molecular complexity index is 1260. The van der Waals surface area contributed by atoms with E-state index < -0.39 is 10.0 Å². The number of rotatable bonds is 8. The van der Waals surface area contributed by atoms with Crippen molar-refractivity contribution in [3.63, 3.8) is 0 Å². The molecular weight excluding hydrogens is 456 g/mol. The molecule has 2 bridgehead atoms. The highest BCUT2D eigenvalue weighted by atomic mass is 32.2. The standard InChI is InChI=1S/C29H34N2O3S/c1-20(2)34-27-14-8-21(9-15-27)19-30-26-13-12-22-16-23-10-11-24(17-25(22)18-26)29(23)31-35(32,33)28-6-4-3-5-7-28/h3-9,12-15,18,20,23-24,29-31H,10-11,16-17,19H2,1-2H3. The van der Waals surface area contributed by atoms with Crippen molar-refractivity contribution in [2.45, 2.75) is 63.1 Å². The second-order valence-corrected chi connectivity index (χ2v) is 11.8. The second-order valence-electron chi connectivity index (χ2n) is 10.1. The van der Waals surface area contributed by atoms with Crippen LogP contribution >= 0.6 is 0 Å². The Hall–Kier alpha value is -2.83. The first-order valence-electron chi connectivity index (χ1n) is 12.6. The van der Waals surface area contributed by atoms with E-state index in [4.69, 9.17) is 4.74 Å². The van der Waals surface area contributed by atoms with E-state index in [9.17, 15) is 8.42 Å². The molecule has 184 valence electrons. The van der Waals surface area contributed by atoms with Gasteiger partial charge in [-0.05, 0) is 104 Å². The number of anilines is 1. The minimum atomic E-state index is -3.52. The lowest BCUT2D eigenvalue weighted by molar-refractivity contribution is 0.242. The first kappa shape index (κ1) is 23.9. The zero-order chi connectivity index (χ0) is 24.4. The third kappa shape index (κ3) is 5.54. The van der Waals surface area contributed by atoms with Gasteiger partial charge in [-0.3, -0.25) is 0 Å². The molecular formula is C29H34N2O3S. The highest BCUT2D eigenvalue weighted by Gasteiger charge is 2.41. The Morgan fingerprint density at radius 2 is 1.57 bits per heavy atom. The molecule has 2 aliphatic carbocycles. The quantitative estimate of drug-likeness (QED) is 0.434. The number of nitrogens with one attached hydrogen (secondary N) is 2. The lowest BCUT2D eigenvalue weighted by atomic mass is 9.93. The van der Waals surface area contributed by atoms with Crippen LogP contribution < -0.4 is 14.8 Å². The van der Waals surface area contributed by atoms with Gasteiger partial charge in [0.15, 0.2) is 0 Å². The maximum absolute atomic E-state index is 13.0. The lowest BCUT2D eigenvalue weighted by Crippen LogP contribution is -2.41. The predicted octanol–water partition coefficient (Wildman–Crippen LogP) is 5.56. The zero-order valence-corrected chi connectivity index (χ0v) is 21.2. The van der Waals surface area contributed by atoms with Crippen molar-refractivity contribution in [1.82, 2.24) is 4.72 Å². The number of hydrogen-bond donors (Lipinski definition) is 2. The van der Waals surface area contributed by atoms with Crippen LogP contribution in [0.3, 0.4) is 0 Å². The van der Waals surface area contributed by atoms with Crippen LogP contribution in [-0.2, 0) is 29.4 Å². The molecule has 0 aliphatic heterocycles. The maximum Gasteiger partial charge on any atom is 0.240 e. The third-order valence-electron chi connectivity index (χ3n) is 7.23. The average molecular weight is 491 g/mol. The summed E-state index contributed by atoms with van der Waals surface area (Å²) in [6, 6.07) is 23.5. The molecule has 35 heavy (non-hydrogen) atoms. The van der Waals surface area contributed by atoms with E-state index in [-0.39, 0.29) is 12.1 Å². The molecule has 0 amide bonds. The molecule has 3 aromatic rings. The second kappa shape index (κ2) is 10.0.